The molecule has 0 saturated carbocycles. The number of allylic oxidation sites excluding steroid dienone is 4. The van der Waals surface area contributed by atoms with Crippen LogP contribution in [0, 0.1) is 145 Å². The highest BCUT2D eigenvalue weighted by molar-refractivity contribution is 7.05. The Kier molecular flexibility index (Phi) is 12.7. The van der Waals surface area contributed by atoms with Crippen LogP contribution in [-0.2, 0) is 0 Å². The van der Waals surface area contributed by atoms with Crippen molar-refractivity contribution in [2.45, 2.75) is 26.7 Å². The zero-order valence-corrected chi connectivity index (χ0v) is 31.4. The highest BCUT2D eigenvalue weighted by Gasteiger charge is 2.50. The van der Waals surface area contributed by atoms with E-state index in [1.807, 2.05) is 0 Å². The third-order valence-corrected chi connectivity index (χ3v) is 10.2. The second-order valence-corrected chi connectivity index (χ2v) is 13.4. The highest BCUT2D eigenvalue weighted by Crippen LogP contribution is 2.54. The molecule has 348 valence electrons. The standard InChI is InChI=1S/C40H10BF25/c1-3-5-6(4-2)13(11-20(46)30(56)38(64)31(57)21(11)47)41(15-24(50)34(60)40(66)35(61)25(15)51)14(12-22(48)32(58)39(65)33(59)23(12)49)8(10-18(44)28(54)37(63)29(55)19(10)45)7(5)9-16(42)26(52)36(62)27(53)17(9)43/h3-4H2,1-2H3. The molecule has 1 aliphatic heterocycles. The molecule has 0 saturated heterocycles. The lowest BCUT2D eigenvalue weighted by Gasteiger charge is -2.28. The molecule has 0 amide bonds. The average Bonchev–Trinajstić information content (AvgIpc) is 3.40. The predicted octanol–water partition coefficient (Wildman–Crippen LogP) is 13.3. The van der Waals surface area contributed by atoms with Gasteiger partial charge in [0.15, 0.2) is 122 Å². The van der Waals surface area contributed by atoms with Gasteiger partial charge in [0.2, 0.25) is 23.3 Å². The molecule has 0 N–H and O–H groups in total. The van der Waals surface area contributed by atoms with Crippen molar-refractivity contribution in [3.63, 3.8) is 0 Å². The molecule has 0 nitrogen and oxygen atoms in total. The summed E-state index contributed by atoms with van der Waals surface area (Å²) in [6, 6.07) is 0. The first-order chi connectivity index (χ1) is 30.7. The molecule has 6 rings (SSSR count). The van der Waals surface area contributed by atoms with Crippen molar-refractivity contribution in [1.29, 1.82) is 0 Å². The highest BCUT2D eigenvalue weighted by atomic mass is 19.2. The van der Waals surface area contributed by atoms with Gasteiger partial charge in [-0.15, -0.1) is 0 Å². The third kappa shape index (κ3) is 6.74. The number of rotatable bonds is 7. The van der Waals surface area contributed by atoms with Gasteiger partial charge in [0, 0.05) is 16.6 Å². The van der Waals surface area contributed by atoms with E-state index in [4.69, 9.17) is 0 Å². The van der Waals surface area contributed by atoms with Crippen molar-refractivity contribution in [2.24, 2.45) is 0 Å². The first kappa shape index (κ1) is 49.1. The maximum atomic E-state index is 16.4. The molecule has 1 heterocycles. The summed E-state index contributed by atoms with van der Waals surface area (Å²) in [6.45, 7) is -3.46. The Morgan fingerprint density at radius 3 is 0.712 bits per heavy atom. The smallest absolute Gasteiger partial charge is 0.204 e. The van der Waals surface area contributed by atoms with Gasteiger partial charge in [-0.1, -0.05) is 19.3 Å². The van der Waals surface area contributed by atoms with Gasteiger partial charge >= 0.3 is 0 Å². The second kappa shape index (κ2) is 17.1. The summed E-state index contributed by atoms with van der Waals surface area (Å²) in [6.07, 6.45) is -3.10. The van der Waals surface area contributed by atoms with Gasteiger partial charge in [-0.2, -0.15) is 0 Å². The minimum atomic E-state index is -4.52. The summed E-state index contributed by atoms with van der Waals surface area (Å²) in [7, 11) is 0. The van der Waals surface area contributed by atoms with Crippen molar-refractivity contribution < 1.29 is 110 Å². The van der Waals surface area contributed by atoms with Crippen LogP contribution in [0.3, 0.4) is 0 Å². The quantitative estimate of drug-likeness (QED) is 0.0660. The van der Waals surface area contributed by atoms with E-state index >= 15 is 87.8 Å². The van der Waals surface area contributed by atoms with Crippen LogP contribution in [0.2, 0.25) is 0 Å². The Bertz CT molecular complexity index is 2960. The Morgan fingerprint density at radius 2 is 0.439 bits per heavy atom. The van der Waals surface area contributed by atoms with E-state index in [-0.39, 0.29) is 0 Å². The minimum Gasteiger partial charge on any atom is -0.204 e. The monoisotopic (exact) mass is 976 g/mol. The van der Waals surface area contributed by atoms with Crippen molar-refractivity contribution in [3.8, 4) is 0 Å². The van der Waals surface area contributed by atoms with Crippen LogP contribution in [0.15, 0.2) is 11.1 Å². The Balaban J connectivity index is 2.26. The summed E-state index contributed by atoms with van der Waals surface area (Å²) in [4.78, 5) is 0. The summed E-state index contributed by atoms with van der Waals surface area (Å²) in [5, 5.41) is 0. The molecule has 1 aliphatic rings. The van der Waals surface area contributed by atoms with E-state index < -0.39 is 226 Å². The number of hydrogen-bond acceptors (Lipinski definition) is 0. The molecule has 0 radical (unpaired) electrons. The first-order valence-electron chi connectivity index (χ1n) is 17.5. The van der Waals surface area contributed by atoms with Crippen molar-refractivity contribution in [2.75, 3.05) is 0 Å². The van der Waals surface area contributed by atoms with Gasteiger partial charge in [0.25, 0.3) is 6.71 Å². The number of hydrogen-bond donors (Lipinski definition) is 0. The van der Waals surface area contributed by atoms with E-state index in [1.54, 1.807) is 0 Å². The van der Waals surface area contributed by atoms with Gasteiger partial charge in [0.05, 0.1) is 11.1 Å². The second-order valence-electron chi connectivity index (χ2n) is 13.4. The van der Waals surface area contributed by atoms with Crippen molar-refractivity contribution in [3.05, 3.63) is 179 Å². The lowest BCUT2D eigenvalue weighted by molar-refractivity contribution is 0.375. The fourth-order valence-corrected chi connectivity index (χ4v) is 7.45. The maximum Gasteiger partial charge on any atom is 0.252 e. The molecule has 26 heteroatoms. The Labute approximate surface area is 349 Å². The normalized spacial score (nSPS) is 13.6. The average molecular weight is 976 g/mol. The molecule has 66 heavy (non-hydrogen) atoms. The molecule has 5 aromatic rings. The molecule has 0 unspecified atom stereocenters. The molecular formula is C40H10BF25. The largest absolute Gasteiger partial charge is 0.252 e. The molecule has 0 bridgehead atoms. The molecule has 0 fully saturated rings. The molecular weight excluding hydrogens is 966 g/mol. The zero-order valence-electron chi connectivity index (χ0n) is 31.4. The maximum absolute atomic E-state index is 16.4. The van der Waals surface area contributed by atoms with Gasteiger partial charge in [0.1, 0.15) is 0 Å². The van der Waals surface area contributed by atoms with Crippen LogP contribution in [0.1, 0.15) is 48.9 Å². The lowest BCUT2D eigenvalue weighted by atomic mass is 9.32. The first-order valence-corrected chi connectivity index (χ1v) is 17.5. The van der Waals surface area contributed by atoms with Gasteiger partial charge in [-0.05, 0) is 40.6 Å². The fraction of sp³-hybridized carbons (Fsp3) is 0.100. The van der Waals surface area contributed by atoms with E-state index in [9.17, 15) is 22.0 Å². The van der Waals surface area contributed by atoms with Gasteiger partial charge < -0.3 is 0 Å². The third-order valence-electron chi connectivity index (χ3n) is 10.2. The summed E-state index contributed by atoms with van der Waals surface area (Å²) < 4.78 is 389. The Hall–Kier alpha value is -6.37. The molecule has 0 aromatic heterocycles. The fourth-order valence-electron chi connectivity index (χ4n) is 7.45. The van der Waals surface area contributed by atoms with Gasteiger partial charge in [-0.25, -0.2) is 110 Å². The summed E-state index contributed by atoms with van der Waals surface area (Å²) in [5.41, 5.74) is -29.9. The van der Waals surface area contributed by atoms with Crippen LogP contribution >= 0.6 is 0 Å². The van der Waals surface area contributed by atoms with Crippen LogP contribution in [0.5, 0.6) is 0 Å². The van der Waals surface area contributed by atoms with Crippen LogP contribution in [-0.4, -0.2) is 6.71 Å². The van der Waals surface area contributed by atoms with Crippen LogP contribution < -0.4 is 5.46 Å². The van der Waals surface area contributed by atoms with Crippen LogP contribution in [0.4, 0.5) is 110 Å². The molecule has 5 aromatic carbocycles. The number of halogens is 25. The summed E-state index contributed by atoms with van der Waals surface area (Å²) in [5.74, 6) is -84.0. The van der Waals surface area contributed by atoms with Crippen molar-refractivity contribution >= 4 is 34.3 Å². The minimum absolute atomic E-state index is 0.528. The van der Waals surface area contributed by atoms with E-state index in [0.717, 1.165) is 0 Å². The molecule has 0 spiro atoms. The Morgan fingerprint density at radius 1 is 0.227 bits per heavy atom. The van der Waals surface area contributed by atoms with Crippen LogP contribution in [0.25, 0.3) is 22.1 Å². The topological polar surface area (TPSA) is 0 Å². The predicted molar refractivity (Wildman–Crippen MR) is 178 cm³/mol. The summed E-state index contributed by atoms with van der Waals surface area (Å²) >= 11 is 0. The van der Waals surface area contributed by atoms with E-state index in [0.29, 0.717) is 13.8 Å². The van der Waals surface area contributed by atoms with Gasteiger partial charge in [-0.3, -0.25) is 0 Å². The van der Waals surface area contributed by atoms with Crippen molar-refractivity contribution in [1.82, 2.24) is 0 Å². The zero-order chi connectivity index (χ0) is 49.8. The SMILES string of the molecule is CCC1=C(c2c(F)c(F)c(F)c(F)c2F)B(c2c(F)c(F)c(F)c(F)c2F)C(c2c(F)c(F)c(F)c(F)c2F)=C(c2c(F)c(F)c(F)c(F)c2F)C(c2c(F)c(F)c(F)c(F)c2F)=C1CC. The lowest BCUT2D eigenvalue weighted by Crippen LogP contribution is -2.42. The molecule has 0 atom stereocenters. The molecule has 0 aliphatic carbocycles. The van der Waals surface area contributed by atoms with E-state index in [1.165, 1.54) is 0 Å². The number of benzene rings is 5. The van der Waals surface area contributed by atoms with E-state index in [2.05, 4.69) is 0 Å².